The summed E-state index contributed by atoms with van der Waals surface area (Å²) in [6.07, 6.45) is 3.43. The minimum absolute atomic E-state index is 0.137. The number of H-pyrrole nitrogens is 2. The van der Waals surface area contributed by atoms with E-state index in [1.165, 1.54) is 0 Å². The molecule has 4 heterocycles. The van der Waals surface area contributed by atoms with E-state index in [0.717, 1.165) is 22.2 Å². The van der Waals surface area contributed by atoms with Crippen molar-refractivity contribution in [1.29, 1.82) is 0 Å². The van der Waals surface area contributed by atoms with Crippen LogP contribution in [0.1, 0.15) is 29.1 Å². The van der Waals surface area contributed by atoms with Crippen LogP contribution in [-0.4, -0.2) is 36.0 Å². The van der Waals surface area contributed by atoms with Crippen LogP contribution < -0.4 is 5.32 Å². The van der Waals surface area contributed by atoms with E-state index in [-0.39, 0.29) is 17.8 Å². The van der Waals surface area contributed by atoms with E-state index in [9.17, 15) is 4.79 Å². The SMILES string of the molecule is CC(NC(=O)c1nc2cc3c(-c4ccncc4)n[nH]c3nc2[nH]1)c1ccccc1. The Balaban J connectivity index is 1.48. The molecule has 0 saturated carbocycles. The molecule has 0 spiro atoms. The van der Waals surface area contributed by atoms with Gasteiger partial charge in [-0.3, -0.25) is 14.9 Å². The number of benzene rings is 1. The van der Waals surface area contributed by atoms with E-state index in [4.69, 9.17) is 0 Å². The minimum atomic E-state index is -0.282. The van der Waals surface area contributed by atoms with E-state index in [1.54, 1.807) is 12.4 Å². The van der Waals surface area contributed by atoms with Crippen LogP contribution in [0.25, 0.3) is 33.5 Å². The maximum Gasteiger partial charge on any atom is 0.287 e. The molecule has 8 heteroatoms. The Morgan fingerprint density at radius 1 is 1.03 bits per heavy atom. The second kappa shape index (κ2) is 6.83. The van der Waals surface area contributed by atoms with Gasteiger partial charge < -0.3 is 10.3 Å². The van der Waals surface area contributed by atoms with Gasteiger partial charge in [-0.1, -0.05) is 30.3 Å². The zero-order valence-electron chi connectivity index (χ0n) is 15.5. The molecule has 0 aliphatic heterocycles. The Morgan fingerprint density at radius 2 is 1.83 bits per heavy atom. The average Bonchev–Trinajstić information content (AvgIpc) is 3.36. The fourth-order valence-electron chi connectivity index (χ4n) is 3.30. The fourth-order valence-corrected chi connectivity index (χ4v) is 3.30. The van der Waals surface area contributed by atoms with Crippen LogP contribution in [0.3, 0.4) is 0 Å². The van der Waals surface area contributed by atoms with Gasteiger partial charge in [-0.15, -0.1) is 0 Å². The van der Waals surface area contributed by atoms with E-state index in [0.29, 0.717) is 16.8 Å². The van der Waals surface area contributed by atoms with Gasteiger partial charge in [0, 0.05) is 23.3 Å². The summed E-state index contributed by atoms with van der Waals surface area (Å²) in [5, 5.41) is 11.1. The van der Waals surface area contributed by atoms with Gasteiger partial charge in [0.15, 0.2) is 17.1 Å². The van der Waals surface area contributed by atoms with Crippen LogP contribution in [0.2, 0.25) is 0 Å². The number of rotatable bonds is 4. The topological polar surface area (TPSA) is 112 Å². The molecule has 8 nitrogen and oxygen atoms in total. The zero-order chi connectivity index (χ0) is 19.8. The predicted octanol–water partition coefficient (Wildman–Crippen LogP) is 3.39. The molecule has 1 atom stereocenters. The number of hydrogen-bond acceptors (Lipinski definition) is 5. The Labute approximate surface area is 165 Å². The highest BCUT2D eigenvalue weighted by Gasteiger charge is 2.17. The lowest BCUT2D eigenvalue weighted by Gasteiger charge is -2.12. The molecular formula is C21H17N7O. The molecule has 0 aliphatic carbocycles. The Hall–Kier alpha value is -4.07. The first-order valence-electron chi connectivity index (χ1n) is 9.20. The first-order valence-corrected chi connectivity index (χ1v) is 9.20. The molecule has 5 rings (SSSR count). The molecule has 0 fully saturated rings. The third-order valence-electron chi connectivity index (χ3n) is 4.82. The number of carbonyl (C=O) groups is 1. The lowest BCUT2D eigenvalue weighted by atomic mass is 10.1. The summed E-state index contributed by atoms with van der Waals surface area (Å²) in [6.45, 7) is 1.93. The van der Waals surface area contributed by atoms with Crippen LogP contribution in [-0.2, 0) is 0 Å². The maximum atomic E-state index is 12.7. The average molecular weight is 383 g/mol. The minimum Gasteiger partial charge on any atom is -0.343 e. The molecule has 1 unspecified atom stereocenters. The molecular weight excluding hydrogens is 366 g/mol. The van der Waals surface area contributed by atoms with Gasteiger partial charge in [0.2, 0.25) is 0 Å². The van der Waals surface area contributed by atoms with Crippen molar-refractivity contribution in [2.45, 2.75) is 13.0 Å². The first-order chi connectivity index (χ1) is 14.2. The molecule has 5 aromatic rings. The third-order valence-corrected chi connectivity index (χ3v) is 4.82. The molecule has 0 bridgehead atoms. The largest absolute Gasteiger partial charge is 0.343 e. The summed E-state index contributed by atoms with van der Waals surface area (Å²) < 4.78 is 0. The van der Waals surface area contributed by atoms with Crippen LogP contribution >= 0.6 is 0 Å². The molecule has 0 saturated heterocycles. The van der Waals surface area contributed by atoms with E-state index in [1.807, 2.05) is 55.5 Å². The summed E-state index contributed by atoms with van der Waals surface area (Å²) in [7, 11) is 0. The normalized spacial score (nSPS) is 12.3. The van der Waals surface area contributed by atoms with Gasteiger partial charge in [-0.2, -0.15) is 5.10 Å². The molecule has 0 aliphatic rings. The van der Waals surface area contributed by atoms with E-state index < -0.39 is 0 Å². The number of aromatic amines is 2. The third kappa shape index (κ3) is 3.10. The van der Waals surface area contributed by atoms with E-state index >= 15 is 0 Å². The molecule has 1 aromatic carbocycles. The molecule has 142 valence electrons. The smallest absolute Gasteiger partial charge is 0.287 e. The molecule has 0 radical (unpaired) electrons. The van der Waals surface area contributed by atoms with Crippen LogP contribution in [0.4, 0.5) is 0 Å². The van der Waals surface area contributed by atoms with Crippen molar-refractivity contribution in [3.8, 4) is 11.3 Å². The summed E-state index contributed by atoms with van der Waals surface area (Å²) in [5.74, 6) is -0.0585. The quantitative estimate of drug-likeness (QED) is 0.440. The second-order valence-electron chi connectivity index (χ2n) is 6.75. The fraction of sp³-hybridized carbons (Fsp3) is 0.0952. The van der Waals surface area contributed by atoms with Crippen LogP contribution in [0.15, 0.2) is 60.9 Å². The van der Waals surface area contributed by atoms with Crippen LogP contribution in [0.5, 0.6) is 0 Å². The predicted molar refractivity (Wildman–Crippen MR) is 109 cm³/mol. The number of imidazole rings is 1. The van der Waals surface area contributed by atoms with Gasteiger partial charge in [0.1, 0.15) is 11.2 Å². The van der Waals surface area contributed by atoms with Crippen molar-refractivity contribution in [3.63, 3.8) is 0 Å². The van der Waals surface area contributed by atoms with Gasteiger partial charge in [-0.05, 0) is 30.7 Å². The lowest BCUT2D eigenvalue weighted by Crippen LogP contribution is -2.27. The monoisotopic (exact) mass is 383 g/mol. The van der Waals surface area contributed by atoms with Crippen molar-refractivity contribution >= 4 is 28.1 Å². The summed E-state index contributed by atoms with van der Waals surface area (Å²) in [5.41, 5.74) is 4.47. The molecule has 29 heavy (non-hydrogen) atoms. The van der Waals surface area contributed by atoms with Crippen molar-refractivity contribution in [1.82, 2.24) is 35.5 Å². The van der Waals surface area contributed by atoms with Crippen molar-refractivity contribution < 1.29 is 4.79 Å². The number of fused-ring (bicyclic) bond motifs is 2. The maximum absolute atomic E-state index is 12.7. The molecule has 3 N–H and O–H groups in total. The molecule has 4 aromatic heterocycles. The van der Waals surface area contributed by atoms with Crippen molar-refractivity contribution in [2.24, 2.45) is 0 Å². The number of amides is 1. The lowest BCUT2D eigenvalue weighted by molar-refractivity contribution is 0.0930. The summed E-state index contributed by atoms with van der Waals surface area (Å²) >= 11 is 0. The summed E-state index contributed by atoms with van der Waals surface area (Å²) in [6, 6.07) is 15.3. The first kappa shape index (κ1) is 17.1. The number of nitrogens with one attached hydrogen (secondary N) is 3. The molecule has 1 amide bonds. The Bertz CT molecular complexity index is 1310. The van der Waals surface area contributed by atoms with E-state index in [2.05, 4.69) is 35.5 Å². The zero-order valence-corrected chi connectivity index (χ0v) is 15.5. The number of carbonyl (C=O) groups excluding carboxylic acids is 1. The Kier molecular flexibility index (Phi) is 4.02. The Morgan fingerprint density at radius 3 is 2.62 bits per heavy atom. The van der Waals surface area contributed by atoms with Crippen molar-refractivity contribution in [3.05, 3.63) is 72.3 Å². The number of aromatic nitrogens is 6. The van der Waals surface area contributed by atoms with Crippen molar-refractivity contribution in [2.75, 3.05) is 0 Å². The van der Waals surface area contributed by atoms with Crippen LogP contribution in [0, 0.1) is 0 Å². The number of pyridine rings is 2. The van der Waals surface area contributed by atoms with Gasteiger partial charge in [0.05, 0.1) is 6.04 Å². The highest BCUT2D eigenvalue weighted by Crippen LogP contribution is 2.27. The highest BCUT2D eigenvalue weighted by atomic mass is 16.2. The van der Waals surface area contributed by atoms with Gasteiger partial charge >= 0.3 is 0 Å². The second-order valence-corrected chi connectivity index (χ2v) is 6.75. The summed E-state index contributed by atoms with van der Waals surface area (Å²) in [4.78, 5) is 28.7. The van der Waals surface area contributed by atoms with Gasteiger partial charge in [0.25, 0.3) is 5.91 Å². The number of nitrogens with zero attached hydrogens (tertiary/aromatic N) is 4. The van der Waals surface area contributed by atoms with Gasteiger partial charge in [-0.25, -0.2) is 9.97 Å². The standard InChI is InChI=1S/C21H17N7O/c1-12(13-5-3-2-4-6-13)23-21(29)20-24-16-11-15-17(14-7-9-22-10-8-14)27-28-18(15)25-19(16)26-20/h2-12H,1H3,(H,23,29)(H2,24,25,26,27,28). The highest BCUT2D eigenvalue weighted by molar-refractivity contribution is 5.99. The number of hydrogen-bond donors (Lipinski definition) is 3.